The molecule has 0 aliphatic carbocycles. The molecule has 0 saturated carbocycles. The monoisotopic (exact) mass is 245 g/mol. The molecular weight excluding hydrogens is 222 g/mol. The minimum absolute atomic E-state index is 0.703. The van der Waals surface area contributed by atoms with Crippen molar-refractivity contribution in [3.8, 4) is 0 Å². The summed E-state index contributed by atoms with van der Waals surface area (Å²) in [6, 6.07) is 7.64. The first-order chi connectivity index (χ1) is 8.74. The molecule has 1 atom stereocenters. The lowest BCUT2D eigenvalue weighted by Crippen LogP contribution is -2.31. The molecule has 3 nitrogen and oxygen atoms in total. The van der Waals surface area contributed by atoms with E-state index in [2.05, 4.69) is 47.4 Å². The van der Waals surface area contributed by atoms with Crippen LogP contribution < -0.4 is 10.2 Å². The Balaban J connectivity index is 1.77. The van der Waals surface area contributed by atoms with Gasteiger partial charge >= 0.3 is 0 Å². The summed E-state index contributed by atoms with van der Waals surface area (Å²) in [5.41, 5.74) is 4.22. The third-order valence-corrected chi connectivity index (χ3v) is 4.29. The smallest absolute Gasteiger partial charge is 0.0393 e. The van der Waals surface area contributed by atoms with E-state index in [1.165, 1.54) is 42.7 Å². The Kier molecular flexibility index (Phi) is 3.16. The van der Waals surface area contributed by atoms with Gasteiger partial charge in [0.15, 0.2) is 0 Å². The standard InChI is InChI=1S/C15H23N3/c1-17(2)14-7-9-18(11-14)13-6-5-12-4-3-8-16-15(12)10-13/h5-6,10,14,16H,3-4,7-9,11H2,1-2H3. The molecule has 1 aromatic rings. The fraction of sp³-hybridized carbons (Fsp3) is 0.600. The van der Waals surface area contributed by atoms with Gasteiger partial charge in [-0.1, -0.05) is 6.07 Å². The minimum atomic E-state index is 0.703. The second-order valence-electron chi connectivity index (χ2n) is 5.72. The summed E-state index contributed by atoms with van der Waals surface area (Å²) in [5, 5.41) is 3.52. The molecule has 0 amide bonds. The fourth-order valence-corrected chi connectivity index (χ4v) is 3.04. The first kappa shape index (κ1) is 11.8. The summed E-state index contributed by atoms with van der Waals surface area (Å²) >= 11 is 0. The molecule has 0 bridgehead atoms. The van der Waals surface area contributed by atoms with Crippen molar-refractivity contribution >= 4 is 11.4 Å². The Morgan fingerprint density at radius 2 is 2.22 bits per heavy atom. The molecule has 98 valence electrons. The maximum Gasteiger partial charge on any atom is 0.0393 e. The highest BCUT2D eigenvalue weighted by Crippen LogP contribution is 2.29. The second-order valence-corrected chi connectivity index (χ2v) is 5.72. The average molecular weight is 245 g/mol. The topological polar surface area (TPSA) is 18.5 Å². The van der Waals surface area contributed by atoms with Crippen molar-refractivity contribution in [2.45, 2.75) is 25.3 Å². The van der Waals surface area contributed by atoms with Crippen LogP contribution in [0.4, 0.5) is 11.4 Å². The van der Waals surface area contributed by atoms with Gasteiger partial charge in [-0.25, -0.2) is 0 Å². The second kappa shape index (κ2) is 4.81. The molecular formula is C15H23N3. The number of fused-ring (bicyclic) bond motifs is 1. The average Bonchev–Trinajstić information content (AvgIpc) is 2.88. The van der Waals surface area contributed by atoms with Gasteiger partial charge < -0.3 is 15.1 Å². The Labute approximate surface area is 110 Å². The number of anilines is 2. The van der Waals surface area contributed by atoms with E-state index in [4.69, 9.17) is 0 Å². The number of hydrogen-bond donors (Lipinski definition) is 1. The quantitative estimate of drug-likeness (QED) is 0.861. The van der Waals surface area contributed by atoms with E-state index < -0.39 is 0 Å². The van der Waals surface area contributed by atoms with E-state index in [1.807, 2.05) is 0 Å². The molecule has 3 rings (SSSR count). The lowest BCUT2D eigenvalue weighted by Gasteiger charge is -2.24. The van der Waals surface area contributed by atoms with Crippen molar-refractivity contribution in [1.82, 2.24) is 4.90 Å². The molecule has 3 heteroatoms. The molecule has 1 unspecified atom stereocenters. The van der Waals surface area contributed by atoms with Crippen molar-refractivity contribution in [2.24, 2.45) is 0 Å². The fourth-order valence-electron chi connectivity index (χ4n) is 3.04. The van der Waals surface area contributed by atoms with E-state index in [1.54, 1.807) is 0 Å². The Morgan fingerprint density at radius 1 is 1.33 bits per heavy atom. The Hall–Kier alpha value is -1.22. The lowest BCUT2D eigenvalue weighted by molar-refractivity contribution is 0.315. The van der Waals surface area contributed by atoms with Crippen LogP contribution in [0, 0.1) is 0 Å². The Morgan fingerprint density at radius 3 is 3.00 bits per heavy atom. The van der Waals surface area contributed by atoms with Crippen LogP contribution in [-0.4, -0.2) is 44.7 Å². The van der Waals surface area contributed by atoms with E-state index in [0.717, 1.165) is 13.1 Å². The van der Waals surface area contributed by atoms with Crippen molar-refractivity contribution in [2.75, 3.05) is 43.9 Å². The summed E-state index contributed by atoms with van der Waals surface area (Å²) in [6.45, 7) is 3.46. The molecule has 1 fully saturated rings. The molecule has 2 aliphatic rings. The van der Waals surface area contributed by atoms with Gasteiger partial charge in [-0.3, -0.25) is 0 Å². The molecule has 0 radical (unpaired) electrons. The summed E-state index contributed by atoms with van der Waals surface area (Å²) in [6.07, 6.45) is 3.76. The lowest BCUT2D eigenvalue weighted by atomic mass is 10.0. The largest absolute Gasteiger partial charge is 0.385 e. The van der Waals surface area contributed by atoms with Crippen molar-refractivity contribution in [3.63, 3.8) is 0 Å². The van der Waals surface area contributed by atoms with Crippen LogP contribution in [0.15, 0.2) is 18.2 Å². The predicted octanol–water partition coefficient (Wildman–Crippen LogP) is 2.19. The van der Waals surface area contributed by atoms with Crippen LogP contribution in [0.1, 0.15) is 18.4 Å². The first-order valence-corrected chi connectivity index (χ1v) is 7.02. The highest BCUT2D eigenvalue weighted by atomic mass is 15.2. The number of hydrogen-bond acceptors (Lipinski definition) is 3. The molecule has 1 aromatic carbocycles. The van der Waals surface area contributed by atoms with Gasteiger partial charge in [-0.05, 0) is 51.1 Å². The normalized spacial score (nSPS) is 23.1. The maximum absolute atomic E-state index is 3.52. The van der Waals surface area contributed by atoms with E-state index >= 15 is 0 Å². The van der Waals surface area contributed by atoms with Gasteiger partial charge in [0.05, 0.1) is 0 Å². The molecule has 1 N–H and O–H groups in total. The number of nitrogens with one attached hydrogen (secondary N) is 1. The molecule has 18 heavy (non-hydrogen) atoms. The van der Waals surface area contributed by atoms with Gasteiger partial charge in [0.2, 0.25) is 0 Å². The van der Waals surface area contributed by atoms with Gasteiger partial charge in [0, 0.05) is 37.1 Å². The van der Waals surface area contributed by atoms with Crippen molar-refractivity contribution in [1.29, 1.82) is 0 Å². The molecule has 2 heterocycles. The zero-order valence-corrected chi connectivity index (χ0v) is 11.4. The molecule has 2 aliphatic heterocycles. The molecule has 1 saturated heterocycles. The zero-order chi connectivity index (χ0) is 12.5. The third kappa shape index (κ3) is 2.19. The first-order valence-electron chi connectivity index (χ1n) is 7.02. The zero-order valence-electron chi connectivity index (χ0n) is 11.4. The number of nitrogens with zero attached hydrogens (tertiary/aromatic N) is 2. The van der Waals surface area contributed by atoms with Gasteiger partial charge in [0.25, 0.3) is 0 Å². The van der Waals surface area contributed by atoms with Crippen LogP contribution in [0.3, 0.4) is 0 Å². The summed E-state index contributed by atoms with van der Waals surface area (Å²) < 4.78 is 0. The van der Waals surface area contributed by atoms with E-state index in [-0.39, 0.29) is 0 Å². The van der Waals surface area contributed by atoms with Gasteiger partial charge in [-0.2, -0.15) is 0 Å². The predicted molar refractivity (Wildman–Crippen MR) is 77.6 cm³/mol. The third-order valence-electron chi connectivity index (χ3n) is 4.29. The van der Waals surface area contributed by atoms with E-state index in [9.17, 15) is 0 Å². The highest BCUT2D eigenvalue weighted by Gasteiger charge is 2.24. The molecule has 0 aromatic heterocycles. The van der Waals surface area contributed by atoms with Crippen LogP contribution in [0.2, 0.25) is 0 Å². The van der Waals surface area contributed by atoms with Crippen LogP contribution in [-0.2, 0) is 6.42 Å². The number of rotatable bonds is 2. The van der Waals surface area contributed by atoms with Gasteiger partial charge in [-0.15, -0.1) is 0 Å². The SMILES string of the molecule is CN(C)C1CCN(c2ccc3c(c2)NCCC3)C1. The number of likely N-dealkylation sites (N-methyl/N-ethyl adjacent to an activating group) is 1. The number of benzene rings is 1. The number of aryl methyl sites for hydroxylation is 1. The van der Waals surface area contributed by atoms with Crippen molar-refractivity contribution < 1.29 is 0 Å². The molecule has 0 spiro atoms. The van der Waals surface area contributed by atoms with Gasteiger partial charge in [0.1, 0.15) is 0 Å². The minimum Gasteiger partial charge on any atom is -0.385 e. The van der Waals surface area contributed by atoms with Crippen LogP contribution >= 0.6 is 0 Å². The van der Waals surface area contributed by atoms with Crippen LogP contribution in [0.25, 0.3) is 0 Å². The van der Waals surface area contributed by atoms with Crippen LogP contribution in [0.5, 0.6) is 0 Å². The summed E-state index contributed by atoms with van der Waals surface area (Å²) in [7, 11) is 4.37. The highest BCUT2D eigenvalue weighted by molar-refractivity contribution is 5.63. The summed E-state index contributed by atoms with van der Waals surface area (Å²) in [4.78, 5) is 4.86. The Bertz CT molecular complexity index is 428. The van der Waals surface area contributed by atoms with Crippen molar-refractivity contribution in [3.05, 3.63) is 23.8 Å². The van der Waals surface area contributed by atoms with E-state index in [0.29, 0.717) is 6.04 Å². The summed E-state index contributed by atoms with van der Waals surface area (Å²) in [5.74, 6) is 0. The maximum atomic E-state index is 3.52.